The zero-order chi connectivity index (χ0) is 22.2. The number of hydrogen-bond donors (Lipinski definition) is 3. The summed E-state index contributed by atoms with van der Waals surface area (Å²) in [6.07, 6.45) is 2.17. The molecule has 2 aromatic carbocycles. The minimum Gasteiger partial charge on any atom is -0.481 e. The van der Waals surface area contributed by atoms with Crippen molar-refractivity contribution >= 4 is 17.8 Å². The molecule has 2 amide bonds. The fourth-order valence-electron chi connectivity index (χ4n) is 4.00. The molecule has 1 fully saturated rings. The normalized spacial score (nSPS) is 16.7. The van der Waals surface area contributed by atoms with Crippen LogP contribution in [0.25, 0.3) is 0 Å². The highest BCUT2D eigenvalue weighted by molar-refractivity contribution is 5.88. The van der Waals surface area contributed by atoms with Crippen LogP contribution in [0.15, 0.2) is 54.6 Å². The van der Waals surface area contributed by atoms with Crippen molar-refractivity contribution in [3.8, 4) is 0 Å². The predicted molar refractivity (Wildman–Crippen MR) is 117 cm³/mol. The lowest BCUT2D eigenvalue weighted by atomic mass is 10.0. The lowest BCUT2D eigenvalue weighted by Gasteiger charge is -2.25. The van der Waals surface area contributed by atoms with Crippen LogP contribution < -0.4 is 11.1 Å². The van der Waals surface area contributed by atoms with E-state index in [4.69, 9.17) is 10.8 Å². The quantitative estimate of drug-likeness (QED) is 0.570. The molecule has 2 atom stereocenters. The molecule has 7 nitrogen and oxygen atoms in total. The van der Waals surface area contributed by atoms with Crippen molar-refractivity contribution in [1.29, 1.82) is 0 Å². The number of nitrogens with one attached hydrogen (secondary N) is 1. The predicted octanol–water partition coefficient (Wildman–Crippen LogP) is 1.88. The number of carbonyl (C=O) groups excluding carboxylic acids is 2. The fraction of sp³-hybridized carbons (Fsp3) is 0.375. The van der Waals surface area contributed by atoms with E-state index in [9.17, 15) is 14.4 Å². The molecule has 164 valence electrons. The van der Waals surface area contributed by atoms with Gasteiger partial charge in [0.2, 0.25) is 11.8 Å². The topological polar surface area (TPSA) is 113 Å². The van der Waals surface area contributed by atoms with Crippen LogP contribution in [-0.4, -0.2) is 46.4 Å². The van der Waals surface area contributed by atoms with Crippen molar-refractivity contribution < 1.29 is 19.5 Å². The van der Waals surface area contributed by atoms with Gasteiger partial charge in [0.05, 0.1) is 6.42 Å². The first-order valence-electron chi connectivity index (χ1n) is 10.6. The first-order chi connectivity index (χ1) is 14.9. The lowest BCUT2D eigenvalue weighted by Crippen LogP contribution is -2.47. The SMILES string of the molecule is N[C@@H](CC(=O)N1CCC[C@H]1C(=O)NCc1cccc(CC(=O)O)c1)Cc1ccccc1. The minimum absolute atomic E-state index is 0.0596. The number of carbonyl (C=O) groups is 3. The Hall–Kier alpha value is -3.19. The number of carboxylic acids is 1. The van der Waals surface area contributed by atoms with E-state index in [1.54, 1.807) is 23.1 Å². The summed E-state index contributed by atoms with van der Waals surface area (Å²) < 4.78 is 0. The van der Waals surface area contributed by atoms with E-state index in [1.165, 1.54) is 0 Å². The second-order valence-electron chi connectivity index (χ2n) is 8.01. The summed E-state index contributed by atoms with van der Waals surface area (Å²) in [4.78, 5) is 38.1. The Balaban J connectivity index is 1.52. The average Bonchev–Trinajstić information content (AvgIpc) is 3.23. The zero-order valence-corrected chi connectivity index (χ0v) is 17.5. The van der Waals surface area contributed by atoms with Gasteiger partial charge in [-0.15, -0.1) is 0 Å². The maximum absolute atomic E-state index is 12.8. The van der Waals surface area contributed by atoms with E-state index >= 15 is 0 Å². The molecule has 31 heavy (non-hydrogen) atoms. The smallest absolute Gasteiger partial charge is 0.307 e. The van der Waals surface area contributed by atoms with Gasteiger partial charge in [-0.3, -0.25) is 14.4 Å². The Labute approximate surface area is 182 Å². The van der Waals surface area contributed by atoms with Crippen LogP contribution in [0.2, 0.25) is 0 Å². The highest BCUT2D eigenvalue weighted by Gasteiger charge is 2.34. The molecule has 0 radical (unpaired) electrons. The van der Waals surface area contributed by atoms with Crippen molar-refractivity contribution in [3.63, 3.8) is 0 Å². The molecule has 0 spiro atoms. The molecule has 0 saturated carbocycles. The molecule has 0 unspecified atom stereocenters. The summed E-state index contributed by atoms with van der Waals surface area (Å²) in [5.41, 5.74) is 8.79. The Morgan fingerprint density at radius 3 is 2.52 bits per heavy atom. The largest absolute Gasteiger partial charge is 0.481 e. The molecule has 3 rings (SSSR count). The number of nitrogens with zero attached hydrogens (tertiary/aromatic N) is 1. The van der Waals surface area contributed by atoms with Crippen LogP contribution >= 0.6 is 0 Å². The van der Waals surface area contributed by atoms with Crippen molar-refractivity contribution in [2.24, 2.45) is 5.73 Å². The Bertz CT molecular complexity index is 916. The van der Waals surface area contributed by atoms with Crippen LogP contribution in [0.3, 0.4) is 0 Å². The summed E-state index contributed by atoms with van der Waals surface area (Å²) in [6.45, 7) is 0.849. The van der Waals surface area contributed by atoms with Gasteiger partial charge in [0.1, 0.15) is 6.04 Å². The number of likely N-dealkylation sites (tertiary alicyclic amines) is 1. The number of carboxylic acid groups (broad SMARTS) is 1. The van der Waals surface area contributed by atoms with E-state index in [0.29, 0.717) is 31.5 Å². The molecule has 1 aliphatic heterocycles. The van der Waals surface area contributed by atoms with Crippen LogP contribution in [0.4, 0.5) is 0 Å². The summed E-state index contributed by atoms with van der Waals surface area (Å²) in [6, 6.07) is 16.2. The van der Waals surface area contributed by atoms with Gasteiger partial charge in [0, 0.05) is 25.6 Å². The van der Waals surface area contributed by atoms with Gasteiger partial charge in [-0.05, 0) is 36.0 Å². The standard InChI is InChI=1S/C24H29N3O4/c25-20(13-17-6-2-1-3-7-17)15-22(28)27-11-5-10-21(27)24(31)26-16-19-9-4-8-18(12-19)14-23(29)30/h1-4,6-9,12,20-21H,5,10-11,13-16,25H2,(H,26,31)(H,29,30)/t20-,21+/m1/s1. The number of aliphatic carboxylic acids is 1. The summed E-state index contributed by atoms with van der Waals surface area (Å²) >= 11 is 0. The third-order valence-corrected chi connectivity index (χ3v) is 5.47. The van der Waals surface area contributed by atoms with Crippen LogP contribution in [-0.2, 0) is 33.8 Å². The maximum Gasteiger partial charge on any atom is 0.307 e. The number of benzene rings is 2. The van der Waals surface area contributed by atoms with Crippen molar-refractivity contribution in [3.05, 3.63) is 71.3 Å². The molecule has 4 N–H and O–H groups in total. The molecule has 1 heterocycles. The van der Waals surface area contributed by atoms with Gasteiger partial charge in [-0.2, -0.15) is 0 Å². The van der Waals surface area contributed by atoms with Gasteiger partial charge in [-0.25, -0.2) is 0 Å². The van der Waals surface area contributed by atoms with E-state index in [-0.39, 0.29) is 30.7 Å². The zero-order valence-electron chi connectivity index (χ0n) is 17.5. The van der Waals surface area contributed by atoms with Crippen molar-refractivity contribution in [1.82, 2.24) is 10.2 Å². The average molecular weight is 424 g/mol. The molecular weight excluding hydrogens is 394 g/mol. The molecule has 0 aromatic heterocycles. The van der Waals surface area contributed by atoms with E-state index in [0.717, 1.165) is 17.5 Å². The highest BCUT2D eigenvalue weighted by atomic mass is 16.4. The Kier molecular flexibility index (Phi) is 7.78. The van der Waals surface area contributed by atoms with Crippen LogP contribution in [0, 0.1) is 0 Å². The number of amides is 2. The Morgan fingerprint density at radius 1 is 1.06 bits per heavy atom. The molecule has 7 heteroatoms. The van der Waals surface area contributed by atoms with E-state index < -0.39 is 12.0 Å². The molecule has 2 aromatic rings. The number of rotatable bonds is 9. The van der Waals surface area contributed by atoms with Crippen molar-refractivity contribution in [2.45, 2.75) is 50.7 Å². The first kappa shape index (κ1) is 22.5. The summed E-state index contributed by atoms with van der Waals surface area (Å²) in [7, 11) is 0. The molecular formula is C24H29N3O4. The minimum atomic E-state index is -0.897. The van der Waals surface area contributed by atoms with Gasteiger partial charge >= 0.3 is 5.97 Å². The second kappa shape index (κ2) is 10.7. The third-order valence-electron chi connectivity index (χ3n) is 5.47. The van der Waals surface area contributed by atoms with Gasteiger partial charge in [0.15, 0.2) is 0 Å². The van der Waals surface area contributed by atoms with Gasteiger partial charge in [0.25, 0.3) is 0 Å². The molecule has 0 bridgehead atoms. The maximum atomic E-state index is 12.8. The molecule has 1 aliphatic rings. The fourth-order valence-corrected chi connectivity index (χ4v) is 4.00. The highest BCUT2D eigenvalue weighted by Crippen LogP contribution is 2.20. The molecule has 0 aliphatic carbocycles. The molecule has 1 saturated heterocycles. The number of hydrogen-bond acceptors (Lipinski definition) is 4. The van der Waals surface area contributed by atoms with E-state index in [1.807, 2.05) is 36.4 Å². The van der Waals surface area contributed by atoms with Crippen molar-refractivity contribution in [2.75, 3.05) is 6.54 Å². The Morgan fingerprint density at radius 2 is 1.77 bits per heavy atom. The number of nitrogens with two attached hydrogens (primary N) is 1. The second-order valence-corrected chi connectivity index (χ2v) is 8.01. The first-order valence-corrected chi connectivity index (χ1v) is 10.6. The van der Waals surface area contributed by atoms with Gasteiger partial charge < -0.3 is 21.1 Å². The summed E-state index contributed by atoms with van der Waals surface area (Å²) in [5, 5.41) is 11.8. The monoisotopic (exact) mass is 423 g/mol. The lowest BCUT2D eigenvalue weighted by molar-refractivity contribution is -0.138. The summed E-state index contributed by atoms with van der Waals surface area (Å²) in [5.74, 6) is -1.18. The van der Waals surface area contributed by atoms with Crippen LogP contribution in [0.1, 0.15) is 36.0 Å². The van der Waals surface area contributed by atoms with E-state index in [2.05, 4.69) is 5.32 Å². The van der Waals surface area contributed by atoms with Crippen LogP contribution in [0.5, 0.6) is 0 Å². The third kappa shape index (κ3) is 6.65. The van der Waals surface area contributed by atoms with Gasteiger partial charge in [-0.1, -0.05) is 54.6 Å².